The van der Waals surface area contributed by atoms with Crippen molar-refractivity contribution in [2.24, 2.45) is 0 Å². The molecule has 38 heavy (non-hydrogen) atoms. The van der Waals surface area contributed by atoms with Gasteiger partial charge in [-0.1, -0.05) is 6.07 Å². The molecule has 2 heterocycles. The number of hydrogen-bond acceptors (Lipinski definition) is 11. The molecule has 4 aromatic rings. The SMILES string of the molecule is COC(=O)C[C@@H](c1ccc2c(c1)OCCO2)c1c(O)cc(O)c2c(=O)c(O)c(-c3ccc(O)c(O)c3)oc12. The number of carbonyl (C=O) groups is 1. The second kappa shape index (κ2) is 9.43. The number of phenolic OH excluding ortho intramolecular Hbond substituents is 4. The summed E-state index contributed by atoms with van der Waals surface area (Å²) in [6, 6.07) is 9.31. The molecule has 3 aromatic carbocycles. The quantitative estimate of drug-likeness (QED) is 0.192. The second-order valence-corrected chi connectivity index (χ2v) is 8.58. The Morgan fingerprint density at radius 2 is 1.63 bits per heavy atom. The van der Waals surface area contributed by atoms with Crippen LogP contribution in [-0.2, 0) is 9.53 Å². The number of aromatic hydroxyl groups is 5. The molecule has 0 spiro atoms. The highest BCUT2D eigenvalue weighted by Gasteiger charge is 2.30. The highest BCUT2D eigenvalue weighted by Crippen LogP contribution is 2.46. The number of phenols is 4. The van der Waals surface area contributed by atoms with Crippen LogP contribution in [0.3, 0.4) is 0 Å². The van der Waals surface area contributed by atoms with Crippen molar-refractivity contribution in [3.05, 3.63) is 63.8 Å². The molecule has 1 aromatic heterocycles. The second-order valence-electron chi connectivity index (χ2n) is 8.58. The third-order valence-electron chi connectivity index (χ3n) is 6.29. The van der Waals surface area contributed by atoms with E-state index < -0.39 is 57.2 Å². The van der Waals surface area contributed by atoms with E-state index in [1.807, 2.05) is 0 Å². The minimum Gasteiger partial charge on any atom is -0.507 e. The summed E-state index contributed by atoms with van der Waals surface area (Å²) in [7, 11) is 1.20. The van der Waals surface area contributed by atoms with Gasteiger partial charge in [0.05, 0.1) is 13.5 Å². The lowest BCUT2D eigenvalue weighted by atomic mass is 9.86. The van der Waals surface area contributed by atoms with Crippen molar-refractivity contribution in [2.75, 3.05) is 20.3 Å². The average Bonchev–Trinajstić information content (AvgIpc) is 2.90. The number of benzene rings is 3. The van der Waals surface area contributed by atoms with Gasteiger partial charge in [-0.25, -0.2) is 0 Å². The molecule has 1 aliphatic heterocycles. The van der Waals surface area contributed by atoms with Gasteiger partial charge in [0.1, 0.15) is 35.7 Å². The van der Waals surface area contributed by atoms with E-state index in [1.165, 1.54) is 13.2 Å². The molecule has 0 unspecified atom stereocenters. The van der Waals surface area contributed by atoms with Crippen molar-refractivity contribution in [1.82, 2.24) is 0 Å². The molecule has 0 radical (unpaired) electrons. The number of carbonyl (C=O) groups excluding carboxylic acids is 1. The van der Waals surface area contributed by atoms with Crippen molar-refractivity contribution in [2.45, 2.75) is 12.3 Å². The number of fused-ring (bicyclic) bond motifs is 2. The van der Waals surface area contributed by atoms with Crippen molar-refractivity contribution < 1.29 is 49.0 Å². The van der Waals surface area contributed by atoms with E-state index in [1.54, 1.807) is 18.2 Å². The molecule has 5 N–H and O–H groups in total. The first-order valence-corrected chi connectivity index (χ1v) is 11.4. The molecule has 0 fully saturated rings. The van der Waals surface area contributed by atoms with E-state index in [0.29, 0.717) is 30.3 Å². The minimum atomic E-state index is -1.02. The first-order valence-electron chi connectivity index (χ1n) is 11.4. The van der Waals surface area contributed by atoms with Gasteiger partial charge in [0.25, 0.3) is 0 Å². The van der Waals surface area contributed by atoms with Crippen molar-refractivity contribution in [3.63, 3.8) is 0 Å². The number of esters is 1. The molecule has 0 saturated carbocycles. The molecular weight excluding hydrogens is 500 g/mol. The molecule has 5 rings (SSSR count). The number of hydrogen-bond donors (Lipinski definition) is 5. The van der Waals surface area contributed by atoms with E-state index in [-0.39, 0.29) is 23.1 Å². The van der Waals surface area contributed by atoms with Gasteiger partial charge in [0, 0.05) is 23.1 Å². The highest BCUT2D eigenvalue weighted by molar-refractivity contribution is 5.92. The molecule has 0 amide bonds. The van der Waals surface area contributed by atoms with Gasteiger partial charge in [-0.3, -0.25) is 9.59 Å². The Kier molecular flexibility index (Phi) is 6.11. The van der Waals surface area contributed by atoms with Crippen LogP contribution in [0, 0.1) is 0 Å². The normalized spacial score (nSPS) is 13.3. The van der Waals surface area contributed by atoms with E-state index in [9.17, 15) is 35.1 Å². The summed E-state index contributed by atoms with van der Waals surface area (Å²) < 4.78 is 22.0. The Morgan fingerprint density at radius 3 is 2.34 bits per heavy atom. The number of methoxy groups -OCH3 is 1. The molecule has 196 valence electrons. The van der Waals surface area contributed by atoms with Gasteiger partial charge in [-0.15, -0.1) is 0 Å². The molecule has 11 heteroatoms. The highest BCUT2D eigenvalue weighted by atomic mass is 16.6. The summed E-state index contributed by atoms with van der Waals surface area (Å²) in [6.45, 7) is 0.675. The van der Waals surface area contributed by atoms with Crippen molar-refractivity contribution in [3.8, 4) is 51.6 Å². The van der Waals surface area contributed by atoms with Gasteiger partial charge in [0.2, 0.25) is 11.2 Å². The standard InChI is InChI=1S/C27H22O11/c1-35-21(32)10-14(12-3-5-19-20(9-12)37-7-6-36-19)22-17(30)11-18(31)23-24(33)25(34)26(38-27(22)23)13-2-4-15(28)16(29)8-13/h2-5,8-9,11,14,28-31,34H,6-7,10H2,1H3/t14-/m0/s1. The molecule has 0 saturated heterocycles. The van der Waals surface area contributed by atoms with Gasteiger partial charge in [0.15, 0.2) is 28.8 Å². The molecular formula is C27H22O11. The molecule has 1 atom stereocenters. The van der Waals surface area contributed by atoms with Gasteiger partial charge in [-0.05, 0) is 35.9 Å². The van der Waals surface area contributed by atoms with E-state index in [4.69, 9.17) is 18.6 Å². The predicted octanol–water partition coefficient (Wildman–Crippen LogP) is 3.45. The van der Waals surface area contributed by atoms with Crippen LogP contribution in [0.4, 0.5) is 0 Å². The lowest BCUT2D eigenvalue weighted by Gasteiger charge is -2.23. The number of ether oxygens (including phenoxy) is 3. The first-order chi connectivity index (χ1) is 18.2. The van der Waals surface area contributed by atoms with E-state index in [2.05, 4.69) is 0 Å². The summed E-state index contributed by atoms with van der Waals surface area (Å²) in [5.41, 5.74) is -0.875. The zero-order valence-electron chi connectivity index (χ0n) is 19.9. The van der Waals surface area contributed by atoms with Crippen LogP contribution in [0.15, 0.2) is 51.7 Å². The maximum absolute atomic E-state index is 13.2. The van der Waals surface area contributed by atoms with Gasteiger partial charge in [-0.2, -0.15) is 0 Å². The maximum Gasteiger partial charge on any atom is 0.306 e. The maximum atomic E-state index is 13.2. The molecule has 11 nitrogen and oxygen atoms in total. The van der Waals surface area contributed by atoms with Crippen LogP contribution in [0.2, 0.25) is 0 Å². The fourth-order valence-electron chi connectivity index (χ4n) is 4.45. The van der Waals surface area contributed by atoms with Crippen LogP contribution in [-0.4, -0.2) is 51.8 Å². The lowest BCUT2D eigenvalue weighted by Crippen LogP contribution is -2.16. The third kappa shape index (κ3) is 4.13. The van der Waals surface area contributed by atoms with Gasteiger partial charge < -0.3 is 44.2 Å². The topological polar surface area (TPSA) is 176 Å². The number of rotatable bonds is 5. The Bertz CT molecular complexity index is 1640. The zero-order chi connectivity index (χ0) is 27.1. The fourth-order valence-corrected chi connectivity index (χ4v) is 4.45. The van der Waals surface area contributed by atoms with E-state index >= 15 is 0 Å². The Balaban J connectivity index is 1.81. The lowest BCUT2D eigenvalue weighted by molar-refractivity contribution is -0.140. The zero-order valence-corrected chi connectivity index (χ0v) is 19.9. The van der Waals surface area contributed by atoms with Crippen LogP contribution >= 0.6 is 0 Å². The average molecular weight is 522 g/mol. The van der Waals surface area contributed by atoms with Crippen molar-refractivity contribution in [1.29, 1.82) is 0 Å². The van der Waals surface area contributed by atoms with Crippen molar-refractivity contribution >= 4 is 16.9 Å². The van der Waals surface area contributed by atoms with E-state index in [0.717, 1.165) is 18.2 Å². The Labute approximate surface area is 214 Å². The molecule has 0 aliphatic carbocycles. The van der Waals surface area contributed by atoms with Crippen LogP contribution in [0.5, 0.6) is 40.2 Å². The molecule has 1 aliphatic rings. The van der Waals surface area contributed by atoms with Crippen LogP contribution in [0.25, 0.3) is 22.3 Å². The van der Waals surface area contributed by atoms with Crippen LogP contribution < -0.4 is 14.9 Å². The summed E-state index contributed by atoms with van der Waals surface area (Å²) in [5, 5.41) is 51.3. The monoisotopic (exact) mass is 522 g/mol. The summed E-state index contributed by atoms with van der Waals surface area (Å²) in [5.74, 6) is -4.12. The van der Waals surface area contributed by atoms with Gasteiger partial charge >= 0.3 is 5.97 Å². The Hall–Kier alpha value is -5.06. The predicted molar refractivity (Wildman–Crippen MR) is 132 cm³/mol. The summed E-state index contributed by atoms with van der Waals surface area (Å²) in [6.07, 6.45) is -0.302. The fraction of sp³-hybridized carbons (Fsp3) is 0.185. The van der Waals surface area contributed by atoms with Crippen LogP contribution in [0.1, 0.15) is 23.5 Å². The third-order valence-corrected chi connectivity index (χ3v) is 6.29. The smallest absolute Gasteiger partial charge is 0.306 e. The Morgan fingerprint density at radius 1 is 0.895 bits per heavy atom. The largest absolute Gasteiger partial charge is 0.507 e. The minimum absolute atomic E-state index is 0.0226. The summed E-state index contributed by atoms with van der Waals surface area (Å²) >= 11 is 0. The summed E-state index contributed by atoms with van der Waals surface area (Å²) in [4.78, 5) is 25.7. The molecule has 0 bridgehead atoms. The first kappa shape index (κ1) is 24.6.